The van der Waals surface area contributed by atoms with Gasteiger partial charge < -0.3 is 9.64 Å². The van der Waals surface area contributed by atoms with Crippen molar-refractivity contribution in [3.8, 4) is 11.3 Å². The number of aromatic nitrogens is 1. The topological polar surface area (TPSA) is 59.5 Å². The summed E-state index contributed by atoms with van der Waals surface area (Å²) in [7, 11) is 1.33. The van der Waals surface area contributed by atoms with Gasteiger partial charge in [-0.2, -0.15) is 0 Å². The molecule has 0 aliphatic carbocycles. The highest BCUT2D eigenvalue weighted by atomic mass is 32.1. The molecule has 5 nitrogen and oxygen atoms in total. The van der Waals surface area contributed by atoms with Crippen LogP contribution in [0.15, 0.2) is 29.6 Å². The molecule has 1 unspecified atom stereocenters. The average Bonchev–Trinajstić information content (AvgIpc) is 3.24. The molecule has 1 amide bonds. The van der Waals surface area contributed by atoms with Crippen LogP contribution in [-0.2, 0) is 20.7 Å². The monoisotopic (exact) mass is 348 g/mol. The number of carbonyl (C=O) groups is 2. The molecule has 0 N–H and O–H groups in total. The van der Waals surface area contributed by atoms with Gasteiger partial charge in [0.2, 0.25) is 5.91 Å². The smallest absolute Gasteiger partial charge is 0.328 e. The molecule has 1 aromatic carbocycles. The predicted octanol–water partition coefficient (Wildman–Crippen LogP) is 2.66. The van der Waals surface area contributed by atoms with Gasteiger partial charge in [0.15, 0.2) is 0 Å². The van der Waals surface area contributed by atoms with Crippen LogP contribution in [-0.4, -0.2) is 41.5 Å². The zero-order chi connectivity index (χ0) is 17.1. The number of ether oxygens (including phenoxy) is 1. The normalized spacial score (nSPS) is 17.1. The summed E-state index contributed by atoms with van der Waals surface area (Å²) < 4.78 is 17.7. The van der Waals surface area contributed by atoms with E-state index in [-0.39, 0.29) is 24.1 Å². The lowest BCUT2D eigenvalue weighted by Crippen LogP contribution is -2.41. The van der Waals surface area contributed by atoms with E-state index in [1.54, 1.807) is 17.0 Å². The highest BCUT2D eigenvalue weighted by Crippen LogP contribution is 2.24. The first-order chi connectivity index (χ1) is 11.6. The number of likely N-dealkylation sites (tertiary alicyclic amines) is 1. The maximum Gasteiger partial charge on any atom is 0.328 e. The lowest BCUT2D eigenvalue weighted by Gasteiger charge is -2.22. The zero-order valence-electron chi connectivity index (χ0n) is 13.2. The van der Waals surface area contributed by atoms with Crippen molar-refractivity contribution in [2.45, 2.75) is 25.3 Å². The molecular formula is C17H17FN2O3S. The molecule has 3 rings (SSSR count). The molecule has 126 valence electrons. The van der Waals surface area contributed by atoms with E-state index in [0.29, 0.717) is 23.7 Å². The first-order valence-corrected chi connectivity index (χ1v) is 8.54. The Hall–Kier alpha value is -2.28. The minimum absolute atomic E-state index is 0.122. The van der Waals surface area contributed by atoms with Gasteiger partial charge in [-0.05, 0) is 37.1 Å². The summed E-state index contributed by atoms with van der Waals surface area (Å²) in [5.74, 6) is -0.790. The Labute approximate surface area is 143 Å². The lowest BCUT2D eigenvalue weighted by molar-refractivity contribution is -0.150. The largest absolute Gasteiger partial charge is 0.467 e. The van der Waals surface area contributed by atoms with E-state index < -0.39 is 6.04 Å². The fourth-order valence-corrected chi connectivity index (χ4v) is 3.62. The van der Waals surface area contributed by atoms with Crippen LogP contribution in [0, 0.1) is 5.82 Å². The molecule has 1 aromatic heterocycles. The van der Waals surface area contributed by atoms with Gasteiger partial charge >= 0.3 is 5.97 Å². The fraction of sp³-hybridized carbons (Fsp3) is 0.353. The highest BCUT2D eigenvalue weighted by Gasteiger charge is 2.34. The molecular weight excluding hydrogens is 331 g/mol. The summed E-state index contributed by atoms with van der Waals surface area (Å²) in [4.78, 5) is 30.2. The van der Waals surface area contributed by atoms with Crippen molar-refractivity contribution in [1.82, 2.24) is 9.88 Å². The van der Waals surface area contributed by atoms with Gasteiger partial charge in [-0.25, -0.2) is 14.2 Å². The van der Waals surface area contributed by atoms with Crippen molar-refractivity contribution in [2.24, 2.45) is 0 Å². The Morgan fingerprint density at radius 2 is 2.12 bits per heavy atom. The van der Waals surface area contributed by atoms with Crippen LogP contribution in [0.2, 0.25) is 0 Å². The number of hydrogen-bond acceptors (Lipinski definition) is 5. The number of rotatable bonds is 4. The Morgan fingerprint density at radius 1 is 1.38 bits per heavy atom. The van der Waals surface area contributed by atoms with Crippen molar-refractivity contribution >= 4 is 23.2 Å². The molecule has 0 bridgehead atoms. The van der Waals surface area contributed by atoms with E-state index in [2.05, 4.69) is 4.98 Å². The van der Waals surface area contributed by atoms with Crippen molar-refractivity contribution in [3.63, 3.8) is 0 Å². The van der Waals surface area contributed by atoms with E-state index in [9.17, 15) is 14.0 Å². The van der Waals surface area contributed by atoms with E-state index in [1.165, 1.54) is 30.6 Å². The quantitative estimate of drug-likeness (QED) is 0.797. The number of methoxy groups -OCH3 is 1. The molecule has 1 aliphatic heterocycles. The van der Waals surface area contributed by atoms with Crippen LogP contribution in [0.5, 0.6) is 0 Å². The summed E-state index contributed by atoms with van der Waals surface area (Å²) in [6.07, 6.45) is 1.58. The summed E-state index contributed by atoms with van der Waals surface area (Å²) in [5.41, 5.74) is 1.52. The van der Waals surface area contributed by atoms with Gasteiger partial charge in [-0.15, -0.1) is 11.3 Å². The Morgan fingerprint density at radius 3 is 2.83 bits per heavy atom. The molecule has 1 saturated heterocycles. The molecule has 24 heavy (non-hydrogen) atoms. The predicted molar refractivity (Wildman–Crippen MR) is 88.0 cm³/mol. The Bertz CT molecular complexity index is 745. The summed E-state index contributed by atoms with van der Waals surface area (Å²) in [5, 5.41) is 2.52. The van der Waals surface area contributed by atoms with E-state index >= 15 is 0 Å². The molecule has 7 heteroatoms. The summed E-state index contributed by atoms with van der Waals surface area (Å²) in [6, 6.07) is 5.59. The first kappa shape index (κ1) is 16.6. The van der Waals surface area contributed by atoms with Crippen molar-refractivity contribution in [3.05, 3.63) is 40.5 Å². The maximum atomic E-state index is 13.0. The van der Waals surface area contributed by atoms with Crippen LogP contribution < -0.4 is 0 Å². The fourth-order valence-electron chi connectivity index (χ4n) is 2.82. The van der Waals surface area contributed by atoms with Gasteiger partial charge in [-0.3, -0.25) is 4.79 Å². The molecule has 0 spiro atoms. The average molecular weight is 348 g/mol. The summed E-state index contributed by atoms with van der Waals surface area (Å²) in [6.45, 7) is 0.564. The van der Waals surface area contributed by atoms with Gasteiger partial charge in [0.05, 0.1) is 19.2 Å². The van der Waals surface area contributed by atoms with Crippen LogP contribution in [0.4, 0.5) is 4.39 Å². The van der Waals surface area contributed by atoms with Gasteiger partial charge in [0.25, 0.3) is 0 Å². The molecule has 0 saturated carbocycles. The third-order valence-corrected chi connectivity index (χ3v) is 4.89. The lowest BCUT2D eigenvalue weighted by atomic mass is 10.2. The molecule has 1 atom stereocenters. The van der Waals surface area contributed by atoms with Crippen molar-refractivity contribution in [2.75, 3.05) is 13.7 Å². The number of halogens is 1. The first-order valence-electron chi connectivity index (χ1n) is 7.66. The van der Waals surface area contributed by atoms with Gasteiger partial charge in [0, 0.05) is 17.5 Å². The standard InChI is InChI=1S/C17H17FN2O3S/c1-23-17(22)14-3-2-8-20(14)16(21)9-15-19-13(10-24-15)11-4-6-12(18)7-5-11/h4-7,10,14H,2-3,8-9H2,1H3. The molecule has 2 heterocycles. The number of nitrogens with zero attached hydrogens (tertiary/aromatic N) is 2. The molecule has 0 radical (unpaired) electrons. The number of carbonyl (C=O) groups excluding carboxylic acids is 2. The number of esters is 1. The van der Waals surface area contributed by atoms with Crippen LogP contribution in [0.3, 0.4) is 0 Å². The van der Waals surface area contributed by atoms with Crippen molar-refractivity contribution in [1.29, 1.82) is 0 Å². The third kappa shape index (κ3) is 3.46. The summed E-state index contributed by atoms with van der Waals surface area (Å²) >= 11 is 1.38. The van der Waals surface area contributed by atoms with E-state index in [0.717, 1.165) is 12.0 Å². The Kier molecular flexibility index (Phi) is 4.89. The Balaban J connectivity index is 1.69. The highest BCUT2D eigenvalue weighted by molar-refractivity contribution is 7.10. The minimum Gasteiger partial charge on any atom is -0.467 e. The van der Waals surface area contributed by atoms with Crippen LogP contribution in [0.1, 0.15) is 17.8 Å². The van der Waals surface area contributed by atoms with Crippen molar-refractivity contribution < 1.29 is 18.7 Å². The SMILES string of the molecule is COC(=O)C1CCCN1C(=O)Cc1nc(-c2ccc(F)cc2)cs1. The molecule has 1 fully saturated rings. The number of thiazole rings is 1. The second kappa shape index (κ2) is 7.09. The second-order valence-electron chi connectivity index (χ2n) is 5.58. The second-order valence-corrected chi connectivity index (χ2v) is 6.52. The van der Waals surface area contributed by atoms with Crippen LogP contribution >= 0.6 is 11.3 Å². The van der Waals surface area contributed by atoms with E-state index in [4.69, 9.17) is 4.74 Å². The maximum absolute atomic E-state index is 13.0. The number of benzene rings is 1. The van der Waals surface area contributed by atoms with E-state index in [1.807, 2.05) is 5.38 Å². The zero-order valence-corrected chi connectivity index (χ0v) is 14.0. The third-order valence-electron chi connectivity index (χ3n) is 4.04. The van der Waals surface area contributed by atoms with Gasteiger partial charge in [-0.1, -0.05) is 0 Å². The molecule has 1 aliphatic rings. The minimum atomic E-state index is -0.487. The van der Waals surface area contributed by atoms with Gasteiger partial charge in [0.1, 0.15) is 16.9 Å². The number of amides is 1. The molecule has 2 aromatic rings. The number of hydrogen-bond donors (Lipinski definition) is 0. The van der Waals surface area contributed by atoms with Crippen LogP contribution in [0.25, 0.3) is 11.3 Å².